The fourth-order valence-electron chi connectivity index (χ4n) is 2.64. The lowest BCUT2D eigenvalue weighted by atomic mass is 10.1. The molecule has 1 aliphatic heterocycles. The number of halogens is 3. The lowest BCUT2D eigenvalue weighted by Gasteiger charge is -2.11. The number of aryl methyl sites for hydroxylation is 1. The Labute approximate surface area is 126 Å². The number of ether oxygens (including phenoxy) is 1. The predicted molar refractivity (Wildman–Crippen MR) is 77.8 cm³/mol. The van der Waals surface area contributed by atoms with Gasteiger partial charge in [-0.1, -0.05) is 11.6 Å². The van der Waals surface area contributed by atoms with Crippen molar-refractivity contribution < 1.29 is 9.13 Å². The van der Waals surface area contributed by atoms with Crippen LogP contribution in [0.5, 0.6) is 0 Å². The van der Waals surface area contributed by atoms with Crippen LogP contribution in [0.2, 0.25) is 5.02 Å². The second-order valence-electron chi connectivity index (χ2n) is 5.09. The topological polar surface area (TPSA) is 27.1 Å². The predicted octanol–water partition coefficient (Wildman–Crippen LogP) is 3.99. The molecule has 3 rings (SSSR count). The summed E-state index contributed by atoms with van der Waals surface area (Å²) in [6.45, 7) is 2.46. The molecule has 0 radical (unpaired) electrons. The molecular weight excluding hydrogens is 302 g/mol. The first-order chi connectivity index (χ1) is 9.69. The first kappa shape index (κ1) is 14.1. The first-order valence-corrected chi connectivity index (χ1v) is 7.58. The number of fused-ring (bicyclic) bond motifs is 1. The van der Waals surface area contributed by atoms with Gasteiger partial charge in [-0.2, -0.15) is 0 Å². The third-order valence-electron chi connectivity index (χ3n) is 3.77. The summed E-state index contributed by atoms with van der Waals surface area (Å²) in [5.41, 5.74) is 1.44. The van der Waals surface area contributed by atoms with E-state index in [0.717, 1.165) is 43.9 Å². The molecular formula is C14H15Cl2FN2O. The molecule has 0 aliphatic carbocycles. The molecule has 1 unspecified atom stereocenters. The Morgan fingerprint density at radius 1 is 1.45 bits per heavy atom. The van der Waals surface area contributed by atoms with Crippen molar-refractivity contribution in [3.63, 3.8) is 0 Å². The lowest BCUT2D eigenvalue weighted by Crippen LogP contribution is -2.08. The van der Waals surface area contributed by atoms with E-state index in [9.17, 15) is 4.39 Å². The summed E-state index contributed by atoms with van der Waals surface area (Å²) in [6, 6.07) is 2.99. The van der Waals surface area contributed by atoms with E-state index in [-0.39, 0.29) is 5.02 Å². The van der Waals surface area contributed by atoms with Gasteiger partial charge < -0.3 is 9.30 Å². The maximum Gasteiger partial charge on any atom is 0.144 e. The number of hydrogen-bond acceptors (Lipinski definition) is 2. The Hall–Kier alpha value is -0.840. The monoisotopic (exact) mass is 316 g/mol. The molecule has 1 fully saturated rings. The number of rotatable bonds is 4. The molecule has 0 amide bonds. The number of alkyl halides is 1. The zero-order valence-electron chi connectivity index (χ0n) is 10.9. The van der Waals surface area contributed by atoms with Crippen LogP contribution in [0.15, 0.2) is 12.1 Å². The second kappa shape index (κ2) is 5.88. The minimum Gasteiger partial charge on any atom is -0.381 e. The fourth-order valence-corrected chi connectivity index (χ4v) is 3.01. The summed E-state index contributed by atoms with van der Waals surface area (Å²) in [5, 5.41) is 0.115. The van der Waals surface area contributed by atoms with Gasteiger partial charge in [0.05, 0.1) is 21.9 Å². The molecule has 0 bridgehead atoms. The van der Waals surface area contributed by atoms with Gasteiger partial charge in [-0.05, 0) is 24.8 Å². The van der Waals surface area contributed by atoms with E-state index in [1.165, 1.54) is 6.07 Å². The normalized spacial score (nSPS) is 19.1. The van der Waals surface area contributed by atoms with Gasteiger partial charge >= 0.3 is 0 Å². The van der Waals surface area contributed by atoms with Gasteiger partial charge in [0, 0.05) is 25.8 Å². The van der Waals surface area contributed by atoms with Crippen molar-refractivity contribution in [2.24, 2.45) is 5.92 Å². The van der Waals surface area contributed by atoms with E-state index >= 15 is 0 Å². The molecule has 2 aromatic rings. The molecule has 1 saturated heterocycles. The Bertz CT molecular complexity index is 623. The van der Waals surface area contributed by atoms with Crippen LogP contribution in [0, 0.1) is 11.7 Å². The third-order valence-corrected chi connectivity index (χ3v) is 4.30. The van der Waals surface area contributed by atoms with Crippen molar-refractivity contribution >= 4 is 34.2 Å². The molecule has 108 valence electrons. The van der Waals surface area contributed by atoms with Gasteiger partial charge in [-0.3, -0.25) is 0 Å². The zero-order valence-corrected chi connectivity index (χ0v) is 12.4. The highest BCUT2D eigenvalue weighted by Gasteiger charge is 2.18. The van der Waals surface area contributed by atoms with Crippen LogP contribution in [-0.2, 0) is 17.2 Å². The van der Waals surface area contributed by atoms with E-state index < -0.39 is 5.82 Å². The molecule has 1 atom stereocenters. The molecule has 0 saturated carbocycles. The van der Waals surface area contributed by atoms with Gasteiger partial charge in [0.1, 0.15) is 11.6 Å². The average molecular weight is 317 g/mol. The highest BCUT2D eigenvalue weighted by Crippen LogP contribution is 2.26. The van der Waals surface area contributed by atoms with Gasteiger partial charge in [-0.25, -0.2) is 9.37 Å². The molecule has 20 heavy (non-hydrogen) atoms. The molecule has 1 aromatic heterocycles. The highest BCUT2D eigenvalue weighted by atomic mass is 35.5. The molecule has 0 N–H and O–H groups in total. The van der Waals surface area contributed by atoms with Crippen LogP contribution in [-0.4, -0.2) is 22.8 Å². The summed E-state index contributed by atoms with van der Waals surface area (Å²) in [4.78, 5) is 4.38. The van der Waals surface area contributed by atoms with Crippen LogP contribution < -0.4 is 0 Å². The van der Waals surface area contributed by atoms with Gasteiger partial charge in [0.25, 0.3) is 0 Å². The minimum atomic E-state index is -0.450. The van der Waals surface area contributed by atoms with E-state index in [1.807, 2.05) is 4.57 Å². The SMILES string of the molecule is Fc1cc2nc(CCl)n(CCC3CCOC3)c2cc1Cl. The van der Waals surface area contributed by atoms with E-state index in [4.69, 9.17) is 27.9 Å². The van der Waals surface area contributed by atoms with Gasteiger partial charge in [0.2, 0.25) is 0 Å². The molecule has 6 heteroatoms. The van der Waals surface area contributed by atoms with Crippen LogP contribution in [0.4, 0.5) is 4.39 Å². The maximum atomic E-state index is 13.5. The van der Waals surface area contributed by atoms with Crippen LogP contribution >= 0.6 is 23.2 Å². The first-order valence-electron chi connectivity index (χ1n) is 6.67. The van der Waals surface area contributed by atoms with Crippen molar-refractivity contribution in [2.75, 3.05) is 13.2 Å². The lowest BCUT2D eigenvalue weighted by molar-refractivity contribution is 0.183. The van der Waals surface area contributed by atoms with Crippen molar-refractivity contribution in [1.29, 1.82) is 0 Å². The minimum absolute atomic E-state index is 0.115. The molecule has 3 nitrogen and oxygen atoms in total. The van der Waals surface area contributed by atoms with Gasteiger partial charge in [-0.15, -0.1) is 11.6 Å². The Morgan fingerprint density at radius 3 is 3.00 bits per heavy atom. The Balaban J connectivity index is 1.92. The van der Waals surface area contributed by atoms with Crippen molar-refractivity contribution in [3.8, 4) is 0 Å². The number of imidazole rings is 1. The summed E-state index contributed by atoms with van der Waals surface area (Å²) in [6.07, 6.45) is 2.10. The number of nitrogens with zero attached hydrogens (tertiary/aromatic N) is 2. The van der Waals surface area contributed by atoms with Crippen molar-refractivity contribution in [1.82, 2.24) is 9.55 Å². The number of hydrogen-bond donors (Lipinski definition) is 0. The molecule has 2 heterocycles. The van der Waals surface area contributed by atoms with E-state index in [1.54, 1.807) is 6.07 Å². The molecule has 1 aliphatic rings. The quantitative estimate of drug-likeness (QED) is 0.797. The number of benzene rings is 1. The standard InChI is InChI=1S/C14H15Cl2FN2O/c15-7-14-18-12-6-11(17)10(16)5-13(12)19(14)3-1-9-2-4-20-8-9/h5-6,9H,1-4,7-8H2. The average Bonchev–Trinajstić information content (AvgIpc) is 3.05. The fraction of sp³-hybridized carbons (Fsp3) is 0.500. The highest BCUT2D eigenvalue weighted by molar-refractivity contribution is 6.31. The summed E-state index contributed by atoms with van der Waals surface area (Å²) in [7, 11) is 0. The van der Waals surface area contributed by atoms with E-state index in [2.05, 4.69) is 4.98 Å². The smallest absolute Gasteiger partial charge is 0.144 e. The Morgan fingerprint density at radius 2 is 2.30 bits per heavy atom. The van der Waals surface area contributed by atoms with Crippen LogP contribution in [0.3, 0.4) is 0 Å². The van der Waals surface area contributed by atoms with Gasteiger partial charge in [0.15, 0.2) is 0 Å². The summed E-state index contributed by atoms with van der Waals surface area (Å²) >= 11 is 11.8. The summed E-state index contributed by atoms with van der Waals surface area (Å²) < 4.78 is 20.9. The number of aromatic nitrogens is 2. The molecule has 1 aromatic carbocycles. The van der Waals surface area contributed by atoms with Crippen molar-refractivity contribution in [2.45, 2.75) is 25.3 Å². The zero-order chi connectivity index (χ0) is 14.1. The summed E-state index contributed by atoms with van der Waals surface area (Å²) in [5.74, 6) is 1.18. The van der Waals surface area contributed by atoms with Crippen molar-refractivity contribution in [3.05, 3.63) is 28.8 Å². The Kier molecular flexibility index (Phi) is 4.15. The van der Waals surface area contributed by atoms with Crippen LogP contribution in [0.25, 0.3) is 11.0 Å². The second-order valence-corrected chi connectivity index (χ2v) is 5.76. The van der Waals surface area contributed by atoms with E-state index in [0.29, 0.717) is 17.3 Å². The third kappa shape index (κ3) is 2.65. The van der Waals surface area contributed by atoms with Crippen LogP contribution in [0.1, 0.15) is 18.7 Å². The maximum absolute atomic E-state index is 13.5. The largest absolute Gasteiger partial charge is 0.381 e. The molecule has 0 spiro atoms.